The largest absolute Gasteiger partial charge is 0.281 e. The first-order chi connectivity index (χ1) is 5.07. The van der Waals surface area contributed by atoms with Gasteiger partial charge in [-0.2, -0.15) is 0 Å². The molecule has 1 unspecified atom stereocenters. The molecule has 0 aliphatic heterocycles. The van der Waals surface area contributed by atoms with Crippen molar-refractivity contribution in [2.45, 2.75) is 26.3 Å². The fourth-order valence-corrected chi connectivity index (χ4v) is 0.821. The monoisotopic (exact) mass is 175 g/mol. The number of aliphatic imine (C=N–C) groups is 1. The standard InChI is InChI=1S/C7H10ClNO2/c1-5(2)6(9-4-10)3-7(8)11/h5-6H,3H2,1-2H3. The van der Waals surface area contributed by atoms with Crippen molar-refractivity contribution in [3.63, 3.8) is 0 Å². The van der Waals surface area contributed by atoms with Crippen molar-refractivity contribution in [3.8, 4) is 0 Å². The van der Waals surface area contributed by atoms with E-state index >= 15 is 0 Å². The summed E-state index contributed by atoms with van der Waals surface area (Å²) in [6.07, 6.45) is 1.52. The van der Waals surface area contributed by atoms with E-state index in [-0.39, 0.29) is 18.4 Å². The normalized spacial score (nSPS) is 12.4. The molecule has 0 bridgehead atoms. The quantitative estimate of drug-likeness (QED) is 0.369. The fourth-order valence-electron chi connectivity index (χ4n) is 0.663. The lowest BCUT2D eigenvalue weighted by Gasteiger charge is -2.10. The van der Waals surface area contributed by atoms with E-state index in [4.69, 9.17) is 11.6 Å². The van der Waals surface area contributed by atoms with Crippen LogP contribution in [0.3, 0.4) is 0 Å². The molecule has 1 atom stereocenters. The van der Waals surface area contributed by atoms with Gasteiger partial charge in [-0.15, -0.1) is 0 Å². The molecule has 0 aromatic rings. The lowest BCUT2D eigenvalue weighted by atomic mass is 10.0. The number of hydrogen-bond donors (Lipinski definition) is 0. The van der Waals surface area contributed by atoms with Gasteiger partial charge in [0.1, 0.15) is 0 Å². The first-order valence-electron chi connectivity index (χ1n) is 3.33. The molecule has 4 heteroatoms. The molecule has 0 radical (unpaired) electrons. The van der Waals surface area contributed by atoms with Crippen LogP contribution in [0.25, 0.3) is 0 Å². The van der Waals surface area contributed by atoms with Gasteiger partial charge in [0.2, 0.25) is 11.3 Å². The summed E-state index contributed by atoms with van der Waals surface area (Å²) >= 11 is 5.12. The van der Waals surface area contributed by atoms with Crippen molar-refractivity contribution in [2.75, 3.05) is 0 Å². The Hall–Kier alpha value is -0.660. The van der Waals surface area contributed by atoms with Gasteiger partial charge in [-0.25, -0.2) is 9.79 Å². The van der Waals surface area contributed by atoms with E-state index in [1.54, 1.807) is 0 Å². The predicted molar refractivity (Wildman–Crippen MR) is 42.2 cm³/mol. The van der Waals surface area contributed by atoms with Crippen LogP contribution < -0.4 is 0 Å². The summed E-state index contributed by atoms with van der Waals surface area (Å²) in [7, 11) is 0. The van der Waals surface area contributed by atoms with Crippen LogP contribution in [0.2, 0.25) is 0 Å². The third-order valence-electron chi connectivity index (χ3n) is 1.36. The summed E-state index contributed by atoms with van der Waals surface area (Å²) in [6.45, 7) is 3.73. The first-order valence-corrected chi connectivity index (χ1v) is 3.71. The van der Waals surface area contributed by atoms with Crippen LogP contribution in [-0.2, 0) is 9.59 Å². The highest BCUT2D eigenvalue weighted by molar-refractivity contribution is 6.63. The Morgan fingerprint density at radius 2 is 2.18 bits per heavy atom. The van der Waals surface area contributed by atoms with Crippen LogP contribution in [0.1, 0.15) is 20.3 Å². The molecule has 3 nitrogen and oxygen atoms in total. The Bertz CT molecular complexity index is 185. The van der Waals surface area contributed by atoms with Crippen LogP contribution >= 0.6 is 11.6 Å². The second-order valence-electron chi connectivity index (χ2n) is 2.59. The van der Waals surface area contributed by atoms with Crippen LogP contribution in [-0.4, -0.2) is 17.4 Å². The number of hydrogen-bond acceptors (Lipinski definition) is 3. The molecule has 0 aliphatic carbocycles. The number of carbonyl (C=O) groups excluding carboxylic acids is 2. The van der Waals surface area contributed by atoms with E-state index in [1.165, 1.54) is 6.08 Å². The van der Waals surface area contributed by atoms with Gasteiger partial charge >= 0.3 is 0 Å². The highest BCUT2D eigenvalue weighted by atomic mass is 35.5. The van der Waals surface area contributed by atoms with E-state index < -0.39 is 5.24 Å². The van der Waals surface area contributed by atoms with Crippen molar-refractivity contribution in [2.24, 2.45) is 10.9 Å². The zero-order valence-electron chi connectivity index (χ0n) is 6.50. The maximum absolute atomic E-state index is 10.4. The molecule has 0 aliphatic rings. The van der Waals surface area contributed by atoms with Gasteiger partial charge in [-0.3, -0.25) is 4.79 Å². The first kappa shape index (κ1) is 10.3. The van der Waals surface area contributed by atoms with Crippen molar-refractivity contribution in [1.82, 2.24) is 0 Å². The SMILES string of the molecule is CC(C)C(CC(=O)Cl)N=C=O. The summed E-state index contributed by atoms with van der Waals surface area (Å²) in [5.41, 5.74) is 0. The lowest BCUT2D eigenvalue weighted by Crippen LogP contribution is -2.15. The molecular formula is C7H10ClNO2. The maximum atomic E-state index is 10.4. The highest BCUT2D eigenvalue weighted by Crippen LogP contribution is 2.11. The third-order valence-corrected chi connectivity index (χ3v) is 1.51. The van der Waals surface area contributed by atoms with E-state index in [0.29, 0.717) is 0 Å². The van der Waals surface area contributed by atoms with Gasteiger partial charge in [0.15, 0.2) is 0 Å². The van der Waals surface area contributed by atoms with E-state index in [9.17, 15) is 9.59 Å². The van der Waals surface area contributed by atoms with Crippen molar-refractivity contribution >= 4 is 22.9 Å². The Morgan fingerprint density at radius 1 is 1.64 bits per heavy atom. The Balaban J connectivity index is 4.10. The van der Waals surface area contributed by atoms with Crippen molar-refractivity contribution < 1.29 is 9.59 Å². The minimum absolute atomic E-state index is 0.106. The van der Waals surface area contributed by atoms with Crippen LogP contribution in [0, 0.1) is 5.92 Å². The van der Waals surface area contributed by atoms with E-state index in [2.05, 4.69) is 4.99 Å². The molecule has 0 spiro atoms. The Kier molecular flexibility index (Phi) is 4.75. The van der Waals surface area contributed by atoms with Crippen molar-refractivity contribution in [1.29, 1.82) is 0 Å². The van der Waals surface area contributed by atoms with Crippen LogP contribution in [0.4, 0.5) is 0 Å². The average molecular weight is 176 g/mol. The summed E-state index contributed by atoms with van der Waals surface area (Å²) in [5, 5.41) is -0.470. The average Bonchev–Trinajstić information content (AvgIpc) is 1.86. The number of rotatable bonds is 4. The van der Waals surface area contributed by atoms with E-state index in [0.717, 1.165) is 0 Å². The van der Waals surface area contributed by atoms with Gasteiger partial charge in [0.25, 0.3) is 0 Å². The van der Waals surface area contributed by atoms with Gasteiger partial charge in [0, 0.05) is 6.42 Å². The molecular weight excluding hydrogens is 166 g/mol. The molecule has 0 saturated heterocycles. The summed E-state index contributed by atoms with van der Waals surface area (Å²) < 4.78 is 0. The molecule has 11 heavy (non-hydrogen) atoms. The molecule has 0 rings (SSSR count). The lowest BCUT2D eigenvalue weighted by molar-refractivity contribution is -0.112. The number of halogens is 1. The molecule has 0 amide bonds. The second-order valence-corrected chi connectivity index (χ2v) is 3.01. The number of isocyanates is 1. The second kappa shape index (κ2) is 5.05. The minimum atomic E-state index is -0.470. The fraction of sp³-hybridized carbons (Fsp3) is 0.714. The molecule has 0 heterocycles. The zero-order chi connectivity index (χ0) is 8.85. The molecule has 0 fully saturated rings. The molecule has 0 aromatic heterocycles. The van der Waals surface area contributed by atoms with Crippen LogP contribution in [0.15, 0.2) is 4.99 Å². The Morgan fingerprint density at radius 3 is 2.45 bits per heavy atom. The highest BCUT2D eigenvalue weighted by Gasteiger charge is 2.14. The third kappa shape index (κ3) is 4.71. The minimum Gasteiger partial charge on any atom is -0.281 e. The zero-order valence-corrected chi connectivity index (χ0v) is 7.26. The topological polar surface area (TPSA) is 46.5 Å². The predicted octanol–water partition coefficient (Wildman–Crippen LogP) is 1.50. The smallest absolute Gasteiger partial charge is 0.235 e. The summed E-state index contributed by atoms with van der Waals surface area (Å²) in [6, 6.07) is -0.322. The van der Waals surface area contributed by atoms with Gasteiger partial charge in [0.05, 0.1) is 6.04 Å². The summed E-state index contributed by atoms with van der Waals surface area (Å²) in [4.78, 5) is 23.7. The Labute approximate surface area is 70.5 Å². The van der Waals surface area contributed by atoms with Crippen LogP contribution in [0.5, 0.6) is 0 Å². The van der Waals surface area contributed by atoms with Gasteiger partial charge in [-0.05, 0) is 17.5 Å². The summed E-state index contributed by atoms with van der Waals surface area (Å²) in [5.74, 6) is 0.138. The van der Waals surface area contributed by atoms with E-state index in [1.807, 2.05) is 13.8 Å². The maximum Gasteiger partial charge on any atom is 0.235 e. The molecule has 0 aromatic carbocycles. The number of carbonyl (C=O) groups is 1. The van der Waals surface area contributed by atoms with Gasteiger partial charge in [-0.1, -0.05) is 13.8 Å². The van der Waals surface area contributed by atoms with Gasteiger partial charge < -0.3 is 0 Å². The molecule has 62 valence electrons. The van der Waals surface area contributed by atoms with Crippen molar-refractivity contribution in [3.05, 3.63) is 0 Å². The number of nitrogens with zero attached hydrogens (tertiary/aromatic N) is 1. The molecule has 0 N–H and O–H groups in total. The molecule has 0 saturated carbocycles.